The number of carbonyl (C=O) groups excluding carboxylic acids is 1. The van der Waals surface area contributed by atoms with Crippen molar-refractivity contribution < 1.29 is 14.7 Å². The molecule has 0 spiro atoms. The van der Waals surface area contributed by atoms with Gasteiger partial charge in [0.1, 0.15) is 5.69 Å². The molecule has 0 saturated carbocycles. The molecule has 0 atom stereocenters. The molecule has 70 valence electrons. The lowest BCUT2D eigenvalue weighted by atomic mass is 10.2. The third-order valence-corrected chi connectivity index (χ3v) is 1.32. The maximum atomic E-state index is 10.4. The minimum absolute atomic E-state index is 0.0645. The zero-order chi connectivity index (χ0) is 10.6. The number of amides is 1. The number of nitrogens with two attached hydrogens (primary N) is 1. The van der Waals surface area contributed by atoms with Crippen LogP contribution in [0.1, 0.15) is 16.1 Å². The first-order valence-corrected chi connectivity index (χ1v) is 3.60. The first-order chi connectivity index (χ1) is 6.59. The van der Waals surface area contributed by atoms with Crippen molar-refractivity contribution in [3.05, 3.63) is 29.6 Å². The molecular weight excluding hydrogens is 184 g/mol. The molecule has 0 saturated heterocycles. The maximum Gasteiger partial charge on any atom is 0.337 e. The van der Waals surface area contributed by atoms with Gasteiger partial charge in [0.2, 0.25) is 0 Å². The van der Waals surface area contributed by atoms with Crippen LogP contribution in [-0.2, 0) is 4.79 Å². The number of rotatable bonds is 1. The summed E-state index contributed by atoms with van der Waals surface area (Å²) >= 11 is 0. The lowest BCUT2D eigenvalue weighted by molar-refractivity contribution is -0.112. The summed E-state index contributed by atoms with van der Waals surface area (Å²) in [5, 5.41) is 8.54. The summed E-state index contributed by atoms with van der Waals surface area (Å²) in [6, 6.07) is 2.75. The molecule has 0 aliphatic carbocycles. The molecule has 1 rings (SSSR count). The topological polar surface area (TPSA) is 93.3 Å². The second kappa shape index (κ2) is 4.05. The average molecular weight is 190 g/mol. The summed E-state index contributed by atoms with van der Waals surface area (Å²) in [7, 11) is 0. The van der Waals surface area contributed by atoms with E-state index in [0.717, 1.165) is 6.20 Å². The smallest absolute Gasteiger partial charge is 0.337 e. The van der Waals surface area contributed by atoms with Gasteiger partial charge in [-0.3, -0.25) is 4.79 Å². The van der Waals surface area contributed by atoms with Crippen LogP contribution in [0.15, 0.2) is 18.3 Å². The van der Waals surface area contributed by atoms with Gasteiger partial charge in [0.05, 0.1) is 5.56 Å². The molecule has 0 aliphatic rings. The summed E-state index contributed by atoms with van der Waals surface area (Å²) in [5.74, 6) is 2.65. The highest BCUT2D eigenvalue weighted by Gasteiger charge is 2.01. The van der Waals surface area contributed by atoms with Crippen LogP contribution in [0.3, 0.4) is 0 Å². The van der Waals surface area contributed by atoms with Crippen LogP contribution in [0.4, 0.5) is 0 Å². The van der Waals surface area contributed by atoms with Gasteiger partial charge in [0.15, 0.2) is 0 Å². The highest BCUT2D eigenvalue weighted by Crippen LogP contribution is 1.98. The minimum atomic E-state index is -1.06. The number of hydrogen-bond donors (Lipinski definition) is 2. The van der Waals surface area contributed by atoms with Crippen LogP contribution < -0.4 is 5.73 Å². The summed E-state index contributed by atoms with van der Waals surface area (Å²) in [4.78, 5) is 24.4. The Kier molecular flexibility index (Phi) is 2.82. The van der Waals surface area contributed by atoms with E-state index in [4.69, 9.17) is 10.8 Å². The van der Waals surface area contributed by atoms with Crippen molar-refractivity contribution in [1.82, 2.24) is 4.98 Å². The number of nitrogens with zero attached hydrogens (tertiary/aromatic N) is 1. The predicted octanol–water partition coefficient (Wildman–Crippen LogP) is -0.383. The molecule has 1 heterocycles. The Hall–Kier alpha value is -2.35. The number of carboxylic acids is 1. The van der Waals surface area contributed by atoms with Crippen molar-refractivity contribution in [2.45, 2.75) is 0 Å². The summed E-state index contributed by atoms with van der Waals surface area (Å²) in [6.45, 7) is 0. The number of aromatic carboxylic acids is 1. The quantitative estimate of drug-likeness (QED) is 0.590. The van der Waals surface area contributed by atoms with Crippen molar-refractivity contribution in [3.8, 4) is 11.8 Å². The zero-order valence-electron chi connectivity index (χ0n) is 7.02. The highest BCUT2D eigenvalue weighted by molar-refractivity contribution is 5.92. The minimum Gasteiger partial charge on any atom is -0.478 e. The molecule has 0 radical (unpaired) electrons. The largest absolute Gasteiger partial charge is 0.478 e. The lowest BCUT2D eigenvalue weighted by Gasteiger charge is -1.92. The predicted molar refractivity (Wildman–Crippen MR) is 47.3 cm³/mol. The number of pyridine rings is 1. The Balaban J connectivity index is 2.91. The average Bonchev–Trinajstić information content (AvgIpc) is 2.15. The molecule has 5 nitrogen and oxygen atoms in total. The summed E-state index contributed by atoms with van der Waals surface area (Å²) in [5.41, 5.74) is 5.15. The van der Waals surface area contributed by atoms with Gasteiger partial charge in [-0.1, -0.05) is 0 Å². The molecule has 0 aliphatic heterocycles. The van der Waals surface area contributed by atoms with Gasteiger partial charge in [-0.25, -0.2) is 9.78 Å². The molecular formula is C9H6N2O3. The number of hydrogen-bond acceptors (Lipinski definition) is 3. The van der Waals surface area contributed by atoms with Crippen LogP contribution in [0.5, 0.6) is 0 Å². The number of carboxylic acid groups (broad SMARTS) is 1. The Morgan fingerprint density at radius 2 is 2.14 bits per heavy atom. The molecule has 5 heteroatoms. The summed E-state index contributed by atoms with van der Waals surface area (Å²) < 4.78 is 0. The first-order valence-electron chi connectivity index (χ1n) is 3.60. The first kappa shape index (κ1) is 9.74. The highest BCUT2D eigenvalue weighted by atomic mass is 16.4. The standard InChI is InChI=1S/C9H6N2O3/c10-8(12)4-3-7-2-1-6(5-11-7)9(13)14/h1-2,5H,(H2,10,12)(H,13,14). The third-order valence-electron chi connectivity index (χ3n) is 1.32. The second-order valence-electron chi connectivity index (χ2n) is 2.35. The fourth-order valence-corrected chi connectivity index (χ4v) is 0.720. The van der Waals surface area contributed by atoms with Gasteiger partial charge in [0.25, 0.3) is 5.91 Å². The van der Waals surface area contributed by atoms with E-state index < -0.39 is 11.9 Å². The molecule has 3 N–H and O–H groups in total. The Morgan fingerprint density at radius 1 is 1.43 bits per heavy atom. The molecule has 0 aromatic carbocycles. The van der Waals surface area contributed by atoms with Crippen molar-refractivity contribution in [2.24, 2.45) is 5.73 Å². The van der Waals surface area contributed by atoms with Crippen LogP contribution in [0.2, 0.25) is 0 Å². The molecule has 1 amide bonds. The van der Waals surface area contributed by atoms with E-state index >= 15 is 0 Å². The number of carbonyl (C=O) groups is 2. The molecule has 0 unspecified atom stereocenters. The second-order valence-corrected chi connectivity index (χ2v) is 2.35. The number of primary amides is 1. The van der Waals surface area contributed by atoms with Gasteiger partial charge in [-0.2, -0.15) is 0 Å². The van der Waals surface area contributed by atoms with E-state index in [9.17, 15) is 9.59 Å². The maximum absolute atomic E-state index is 10.4. The van der Waals surface area contributed by atoms with Crippen molar-refractivity contribution in [1.29, 1.82) is 0 Å². The van der Waals surface area contributed by atoms with E-state index in [1.54, 1.807) is 0 Å². The van der Waals surface area contributed by atoms with Crippen LogP contribution in [0, 0.1) is 11.8 Å². The molecule has 0 bridgehead atoms. The Morgan fingerprint density at radius 3 is 2.57 bits per heavy atom. The van der Waals surface area contributed by atoms with Gasteiger partial charge < -0.3 is 10.8 Å². The van der Waals surface area contributed by atoms with Crippen molar-refractivity contribution in [3.63, 3.8) is 0 Å². The van der Waals surface area contributed by atoms with Crippen LogP contribution in [-0.4, -0.2) is 22.0 Å². The molecule has 0 fully saturated rings. The fraction of sp³-hybridized carbons (Fsp3) is 0. The third kappa shape index (κ3) is 2.60. The Bertz CT molecular complexity index is 426. The van der Waals surface area contributed by atoms with E-state index in [2.05, 4.69) is 16.8 Å². The van der Waals surface area contributed by atoms with Gasteiger partial charge in [0, 0.05) is 12.1 Å². The van der Waals surface area contributed by atoms with E-state index in [0.29, 0.717) is 5.69 Å². The Labute approximate surface area is 79.6 Å². The SMILES string of the molecule is NC(=O)C#Cc1ccc(C(=O)O)cn1. The van der Waals surface area contributed by atoms with E-state index in [-0.39, 0.29) is 5.56 Å². The zero-order valence-corrected chi connectivity index (χ0v) is 7.02. The fourth-order valence-electron chi connectivity index (χ4n) is 0.720. The van der Waals surface area contributed by atoms with Crippen LogP contribution >= 0.6 is 0 Å². The van der Waals surface area contributed by atoms with E-state index in [1.807, 2.05) is 0 Å². The lowest BCUT2D eigenvalue weighted by Crippen LogP contribution is -2.06. The van der Waals surface area contributed by atoms with Crippen LogP contribution in [0.25, 0.3) is 0 Å². The van der Waals surface area contributed by atoms with Gasteiger partial charge >= 0.3 is 5.97 Å². The summed E-state index contributed by atoms with van der Waals surface area (Å²) in [6.07, 6.45) is 1.16. The monoisotopic (exact) mass is 190 g/mol. The van der Waals surface area contributed by atoms with Gasteiger partial charge in [-0.15, -0.1) is 0 Å². The van der Waals surface area contributed by atoms with Gasteiger partial charge in [-0.05, 0) is 18.1 Å². The molecule has 1 aromatic rings. The molecule has 1 aromatic heterocycles. The van der Waals surface area contributed by atoms with E-state index in [1.165, 1.54) is 12.1 Å². The van der Waals surface area contributed by atoms with Crippen molar-refractivity contribution in [2.75, 3.05) is 0 Å². The number of aromatic nitrogens is 1. The molecule has 14 heavy (non-hydrogen) atoms. The van der Waals surface area contributed by atoms with Crippen molar-refractivity contribution >= 4 is 11.9 Å². The normalized spacial score (nSPS) is 8.57.